The van der Waals surface area contributed by atoms with Crippen LogP contribution in [0.4, 0.5) is 0 Å². The highest BCUT2D eigenvalue weighted by Gasteiger charge is 2.53. The summed E-state index contributed by atoms with van der Waals surface area (Å²) in [5, 5.41) is 23.7. The lowest BCUT2D eigenvalue weighted by Gasteiger charge is -2.42. The minimum atomic E-state index is -4.01. The molecule has 3 fully saturated rings. The topological polar surface area (TPSA) is 184 Å². The van der Waals surface area contributed by atoms with Gasteiger partial charge in [-0.15, -0.1) is 0 Å². The first-order valence-corrected chi connectivity index (χ1v) is 27.0. The molecule has 390 valence electrons. The first-order chi connectivity index (χ1) is 34.8. The van der Waals surface area contributed by atoms with Gasteiger partial charge in [0.2, 0.25) is 5.79 Å². The van der Waals surface area contributed by atoms with Gasteiger partial charge in [-0.1, -0.05) is 77.7 Å². The van der Waals surface area contributed by atoms with Gasteiger partial charge in [-0.3, -0.25) is 18.9 Å². The molecule has 3 heterocycles. The maximum absolute atomic E-state index is 14.6. The van der Waals surface area contributed by atoms with Gasteiger partial charge in [-0.05, 0) is 118 Å². The van der Waals surface area contributed by atoms with Crippen LogP contribution in [0.15, 0.2) is 59.8 Å². The normalized spacial score (nSPS) is 40.1. The van der Waals surface area contributed by atoms with Crippen LogP contribution in [0.5, 0.6) is 0 Å². The van der Waals surface area contributed by atoms with Crippen LogP contribution in [-0.4, -0.2) is 134 Å². The molecule has 0 aromatic carbocycles. The second-order valence-electron chi connectivity index (χ2n) is 20.6. The highest BCUT2D eigenvalue weighted by atomic mass is 31.2. The largest absolute Gasteiger partial charge is 0.460 e. The van der Waals surface area contributed by atoms with Crippen molar-refractivity contribution in [3.63, 3.8) is 0 Å². The molecule has 69 heavy (non-hydrogen) atoms. The molecule has 2 saturated heterocycles. The average molecular weight is 994 g/mol. The molecule has 4 aliphatic rings. The predicted octanol–water partition coefficient (Wildman–Crippen LogP) is 8.73. The first kappa shape index (κ1) is 49.5. The van der Waals surface area contributed by atoms with E-state index in [0.717, 1.165) is 11.6 Å². The Hall–Kier alpha value is -3.07. The Morgan fingerprint density at radius 1 is 0.942 bits per heavy atom. The van der Waals surface area contributed by atoms with Crippen LogP contribution in [0.1, 0.15) is 134 Å². The van der Waals surface area contributed by atoms with Crippen LogP contribution >= 0.6 is 7.37 Å². The second-order valence-corrected chi connectivity index (χ2v) is 22.5. The number of nitrogens with zero attached hydrogens (tertiary/aromatic N) is 1. The van der Waals surface area contributed by atoms with Crippen LogP contribution in [0.3, 0.4) is 0 Å². The summed E-state index contributed by atoms with van der Waals surface area (Å²) < 4.78 is 95.2. The van der Waals surface area contributed by atoms with Crippen LogP contribution in [-0.2, 0) is 52.0 Å². The number of fused-ring (bicyclic) bond motifs is 3. The van der Waals surface area contributed by atoms with Gasteiger partial charge in [0.25, 0.3) is 11.7 Å². The number of esters is 1. The van der Waals surface area contributed by atoms with E-state index in [1.54, 1.807) is 52.0 Å². The number of piperidine rings is 1. The van der Waals surface area contributed by atoms with Gasteiger partial charge in [-0.2, -0.15) is 0 Å². The van der Waals surface area contributed by atoms with E-state index in [4.69, 9.17) is 36.4 Å². The van der Waals surface area contributed by atoms with Crippen molar-refractivity contribution in [2.24, 2.45) is 35.5 Å². The Kier molecular flexibility index (Phi) is 19.1. The molecule has 16 atom stereocenters. The summed E-state index contributed by atoms with van der Waals surface area (Å²) in [6, 6.07) is -1.25. The fraction of sp³-hybridized carbons (Fsp3) is 0.741. The molecule has 3 aliphatic heterocycles. The lowest BCUT2D eigenvalue weighted by molar-refractivity contribution is -0.265. The number of hydrogen-bond acceptors (Lipinski definition) is 13. The number of cyclic esters (lactones) is 1. The summed E-state index contributed by atoms with van der Waals surface area (Å²) in [6.45, 7) is 15.2. The number of aliphatic hydroxyl groups is 2. The number of amides is 1. The Morgan fingerprint density at radius 2 is 1.68 bits per heavy atom. The van der Waals surface area contributed by atoms with Crippen molar-refractivity contribution in [1.82, 2.24) is 4.90 Å². The van der Waals surface area contributed by atoms with Gasteiger partial charge in [0, 0.05) is 69.8 Å². The van der Waals surface area contributed by atoms with Gasteiger partial charge in [-0.25, -0.2) is 4.79 Å². The Labute approximate surface area is 421 Å². The number of ether oxygens (including phenoxy) is 5. The SMILES string of the molecule is [2H]C([2H])([2H])O[C@H]1C[C@@H]2CC[C@@H](C)[C@@](O)(O2)C(=O)C(=O)N2CCCC[C@H]2C(=O)O[C@H]([C@H](C)C[C@@H]2CC[C@@H](OP(C)(=O)C([2H])([2H])[2H])[C@H](OC)C2)CC(=O)[C@H](C)/C=C(\C)[C@@H](O)[C@@H](OC)C(=C)[C@H](C)C[C@H](C)/C=C/C=CC=C1C. The quantitative estimate of drug-likeness (QED) is 0.102. The van der Waals surface area contributed by atoms with Crippen molar-refractivity contribution < 1.29 is 70.4 Å². The molecule has 2 N–H and O–H groups in total. The zero-order valence-electron chi connectivity index (χ0n) is 48.7. The molecule has 1 amide bonds. The van der Waals surface area contributed by atoms with Crippen LogP contribution in [0, 0.1) is 35.5 Å². The zero-order chi connectivity index (χ0) is 56.4. The van der Waals surface area contributed by atoms with E-state index in [2.05, 4.69) is 6.58 Å². The fourth-order valence-electron chi connectivity index (χ4n) is 10.5. The van der Waals surface area contributed by atoms with Crippen LogP contribution < -0.4 is 0 Å². The zero-order valence-corrected chi connectivity index (χ0v) is 43.6. The Morgan fingerprint density at radius 3 is 2.36 bits per heavy atom. The van der Waals surface area contributed by atoms with Gasteiger partial charge < -0.3 is 43.3 Å². The van der Waals surface area contributed by atoms with E-state index in [-0.39, 0.29) is 55.8 Å². The maximum atomic E-state index is 14.6. The number of carbonyl (C=O) groups excluding carboxylic acids is 4. The van der Waals surface area contributed by atoms with Crippen molar-refractivity contribution in [2.75, 3.05) is 41.1 Å². The minimum absolute atomic E-state index is 0.00915. The molecule has 1 saturated carbocycles. The summed E-state index contributed by atoms with van der Waals surface area (Å²) in [4.78, 5) is 58.8. The van der Waals surface area contributed by atoms with E-state index in [9.17, 15) is 34.0 Å². The number of allylic oxidation sites excluding steroid dienone is 6. The lowest BCUT2D eigenvalue weighted by atomic mass is 9.78. The van der Waals surface area contributed by atoms with Gasteiger partial charge in [0.15, 0.2) is 7.37 Å². The first-order valence-electron chi connectivity index (χ1n) is 27.9. The third-order valence-corrected chi connectivity index (χ3v) is 15.6. The molecule has 0 aromatic rings. The smallest absolute Gasteiger partial charge is 0.329 e. The Bertz CT molecular complexity index is 2160. The number of Topliss-reactive ketones (excluding diaryl/α,β-unsaturated/α-hetero) is 2. The molecule has 1 aliphatic carbocycles. The number of carbonyl (C=O) groups is 4. The van der Waals surface area contributed by atoms with E-state index in [1.807, 2.05) is 32.9 Å². The molecule has 14 nitrogen and oxygen atoms in total. The van der Waals surface area contributed by atoms with Gasteiger partial charge in [0.05, 0.1) is 28.5 Å². The minimum Gasteiger partial charge on any atom is -0.460 e. The van der Waals surface area contributed by atoms with E-state index >= 15 is 0 Å². The Balaban J connectivity index is 1.73. The standard InChI is InChI=1S/C54H86NO13P/c1-33-19-15-14-16-20-34(2)46(63-9)31-42-24-22-39(7)54(61,67-42)51(58)52(59)55-26-18-17-21-43(55)53(60)66-47(37(5)29-41-23-25-45(48(30-41)64-10)68-69(12,13)62)32-44(56)36(4)28-38(6)49(57)50(65-11)40(8)35(3)27-33/h14-16,19-20,28,33,35-37,39,41-43,45-50,57,61H,8,17-18,21-27,29-32H2,1-7,9-13H3/b16-14?,19-15+,34-20?,38-28+/t33-,35-,36-,37-,39-,41+,42+,43+,45-,46+,47+,48-,49-,50+,54-/m1/s1/i9D3,12D3/t33-,35-,36-,37-,39-,41+,42+,43+,45-,46+,47+,48-,49-,50+,54-,69?. The summed E-state index contributed by atoms with van der Waals surface area (Å²) in [6.07, 6.45) is 8.26. The van der Waals surface area contributed by atoms with Crippen molar-refractivity contribution in [1.29, 1.82) is 0 Å². The molecule has 0 spiro atoms. The van der Waals surface area contributed by atoms with Gasteiger partial charge >= 0.3 is 5.97 Å². The number of methoxy groups -OCH3 is 3. The van der Waals surface area contributed by atoms with E-state index in [1.165, 1.54) is 14.2 Å². The van der Waals surface area contributed by atoms with Crippen LogP contribution in [0.2, 0.25) is 0 Å². The number of rotatable bonds is 8. The third-order valence-electron chi connectivity index (χ3n) is 14.9. The molecule has 0 aromatic heterocycles. The summed E-state index contributed by atoms with van der Waals surface area (Å²) in [5.74, 6) is -8.36. The van der Waals surface area contributed by atoms with E-state index < -0.39 is 111 Å². The van der Waals surface area contributed by atoms with Gasteiger partial charge in [0.1, 0.15) is 30.1 Å². The number of hydrogen-bond donors (Lipinski definition) is 2. The average Bonchev–Trinajstić information content (AvgIpc) is 3.33. The molecule has 15 heteroatoms. The van der Waals surface area contributed by atoms with Crippen molar-refractivity contribution >= 4 is 30.8 Å². The highest BCUT2D eigenvalue weighted by molar-refractivity contribution is 7.57. The fourth-order valence-corrected chi connectivity index (χ4v) is 11.2. The van der Waals surface area contributed by atoms with Crippen molar-refractivity contribution in [2.45, 2.75) is 180 Å². The summed E-state index contributed by atoms with van der Waals surface area (Å²) in [7, 11) is -3.86. The molecular weight excluding hydrogens is 902 g/mol. The highest BCUT2D eigenvalue weighted by Crippen LogP contribution is 2.45. The molecule has 0 radical (unpaired) electrons. The van der Waals surface area contributed by atoms with Crippen LogP contribution in [0.25, 0.3) is 0 Å². The number of ketones is 2. The second kappa shape index (κ2) is 26.6. The summed E-state index contributed by atoms with van der Waals surface area (Å²) >= 11 is 0. The molecular formula is C54H86NO13P. The van der Waals surface area contributed by atoms with E-state index in [0.29, 0.717) is 68.1 Å². The molecule has 1 unspecified atom stereocenters. The predicted molar refractivity (Wildman–Crippen MR) is 268 cm³/mol. The third kappa shape index (κ3) is 16.2. The lowest BCUT2D eigenvalue weighted by Crippen LogP contribution is -2.61. The van der Waals surface area contributed by atoms with Crippen molar-refractivity contribution in [3.8, 4) is 0 Å². The summed E-state index contributed by atoms with van der Waals surface area (Å²) in [5.41, 5.74) is 1.68. The molecule has 2 bridgehead atoms. The number of aliphatic hydroxyl groups excluding tert-OH is 1. The molecule has 4 rings (SSSR count). The maximum Gasteiger partial charge on any atom is 0.329 e. The van der Waals surface area contributed by atoms with Crippen molar-refractivity contribution in [3.05, 3.63) is 59.8 Å². The monoisotopic (exact) mass is 994 g/mol.